The largest absolute Gasteiger partial charge is 0.491 e. The van der Waals surface area contributed by atoms with E-state index in [9.17, 15) is 13.6 Å². The molecule has 1 amide bonds. The topological polar surface area (TPSA) is 111 Å². The third kappa shape index (κ3) is 7.91. The van der Waals surface area contributed by atoms with Crippen LogP contribution in [0, 0.1) is 0 Å². The van der Waals surface area contributed by atoms with Gasteiger partial charge in [-0.2, -0.15) is 15.0 Å². The van der Waals surface area contributed by atoms with Crippen LogP contribution in [0.15, 0.2) is 18.2 Å². The summed E-state index contributed by atoms with van der Waals surface area (Å²) < 4.78 is 47.7. The summed E-state index contributed by atoms with van der Waals surface area (Å²) in [6.07, 6.45) is -1.30. The summed E-state index contributed by atoms with van der Waals surface area (Å²) in [7, 11) is 3.95. The number of likely N-dealkylation sites (tertiary alicyclic amines) is 1. The van der Waals surface area contributed by atoms with Crippen molar-refractivity contribution < 1.29 is 27.8 Å². The van der Waals surface area contributed by atoms with Gasteiger partial charge in [0, 0.05) is 45.6 Å². The lowest BCUT2D eigenvalue weighted by Crippen LogP contribution is -2.42. The number of hydrogen-bond donors (Lipinski definition) is 0. The number of rotatable bonds is 11. The average Bonchev–Trinajstić information content (AvgIpc) is 3.40. The maximum Gasteiger partial charge on any atom is 0.323 e. The van der Waals surface area contributed by atoms with Gasteiger partial charge in [-0.3, -0.25) is 9.36 Å². The molecule has 0 saturated carbocycles. The number of fused-ring (bicyclic) bond motifs is 1. The summed E-state index contributed by atoms with van der Waals surface area (Å²) in [5, 5.41) is 0. The second-order valence-electron chi connectivity index (χ2n) is 10.4. The molecule has 2 aliphatic rings. The monoisotopic (exact) mass is 644 g/mol. The van der Waals surface area contributed by atoms with E-state index in [1.54, 1.807) is 23.1 Å². The van der Waals surface area contributed by atoms with Crippen LogP contribution in [0.2, 0.25) is 0 Å². The maximum atomic E-state index is 14.4. The van der Waals surface area contributed by atoms with Crippen molar-refractivity contribution in [2.45, 2.75) is 31.8 Å². The molecule has 5 rings (SSSR count). The first-order chi connectivity index (χ1) is 20.3. The summed E-state index contributed by atoms with van der Waals surface area (Å²) in [6, 6.07) is 5.15. The second-order valence-corrected chi connectivity index (χ2v) is 10.7. The maximum absolute atomic E-state index is 14.4. The van der Waals surface area contributed by atoms with E-state index in [1.165, 1.54) is 4.57 Å². The summed E-state index contributed by atoms with van der Waals surface area (Å²) in [6.45, 7) is 4.23. The predicted octanol–water partition coefficient (Wildman–Crippen LogP) is 3.35. The van der Waals surface area contributed by atoms with Crippen LogP contribution in [0.4, 0.5) is 14.7 Å². The van der Waals surface area contributed by atoms with Gasteiger partial charge in [0.05, 0.1) is 25.3 Å². The van der Waals surface area contributed by atoms with Gasteiger partial charge in [-0.15, -0.1) is 24.0 Å². The lowest BCUT2D eigenvalue weighted by molar-refractivity contribution is -0.130. The Bertz CT molecular complexity index is 1370. The Labute approximate surface area is 259 Å². The van der Waals surface area contributed by atoms with Gasteiger partial charge in [-0.25, -0.2) is 13.8 Å². The number of carbonyl (C=O) groups excluding carboxylic acids is 1. The van der Waals surface area contributed by atoms with E-state index in [2.05, 4.69) is 19.9 Å². The molecule has 4 heterocycles. The Balaban J connectivity index is 0.00000423. The fourth-order valence-corrected chi connectivity index (χ4v) is 5.15. The van der Waals surface area contributed by atoms with Crippen LogP contribution in [-0.4, -0.2) is 119 Å². The number of anilines is 1. The number of benzene rings is 1. The third-order valence-electron chi connectivity index (χ3n) is 7.14. The summed E-state index contributed by atoms with van der Waals surface area (Å²) in [4.78, 5) is 35.5. The highest BCUT2D eigenvalue weighted by molar-refractivity contribution is 6.27. The van der Waals surface area contributed by atoms with E-state index in [-0.39, 0.29) is 42.3 Å². The summed E-state index contributed by atoms with van der Waals surface area (Å²) in [5.41, 5.74) is 0.679. The Morgan fingerprint density at radius 1 is 1.09 bits per heavy atom. The molecular weight excluding hydrogens is 609 g/mol. The van der Waals surface area contributed by atoms with Gasteiger partial charge in [-0.05, 0) is 32.6 Å². The van der Waals surface area contributed by atoms with E-state index in [0.717, 1.165) is 13.0 Å². The van der Waals surface area contributed by atoms with Crippen LogP contribution in [0.25, 0.3) is 17.0 Å². The highest BCUT2D eigenvalue weighted by Gasteiger charge is 2.28. The van der Waals surface area contributed by atoms with Gasteiger partial charge in [0.2, 0.25) is 17.8 Å². The number of amides is 1. The first-order valence-electron chi connectivity index (χ1n) is 14.0. The number of piperidine rings is 1. The van der Waals surface area contributed by atoms with Crippen molar-refractivity contribution >= 4 is 46.9 Å². The minimum absolute atomic E-state index is 0. The Kier molecular flexibility index (Phi) is 11.5. The van der Waals surface area contributed by atoms with Gasteiger partial charge in [0.25, 0.3) is 6.43 Å². The molecule has 2 aliphatic heterocycles. The molecule has 3 aromatic rings. The molecule has 0 atom stereocenters. The molecule has 43 heavy (non-hydrogen) atoms. The normalized spacial score (nSPS) is 16.2. The fourth-order valence-electron chi connectivity index (χ4n) is 4.98. The predicted molar refractivity (Wildman–Crippen MR) is 159 cm³/mol. The molecule has 0 bridgehead atoms. The number of carbonyl (C=O) groups is 1. The van der Waals surface area contributed by atoms with Crippen LogP contribution < -0.4 is 14.4 Å². The highest BCUT2D eigenvalue weighted by atomic mass is 35.5. The molecule has 2 fully saturated rings. The number of nitrogens with zero attached hydrogens (tertiary/aromatic N) is 8. The minimum Gasteiger partial charge on any atom is -0.491 e. The number of alkyl halides is 3. The molecule has 0 spiro atoms. The Morgan fingerprint density at radius 3 is 2.49 bits per heavy atom. The molecule has 16 heteroatoms. The second kappa shape index (κ2) is 15.1. The number of morpholine rings is 1. The number of hydrogen-bond acceptors (Lipinski definition) is 10. The first-order valence-corrected chi connectivity index (χ1v) is 14.5. The molecule has 0 unspecified atom stereocenters. The smallest absolute Gasteiger partial charge is 0.323 e. The van der Waals surface area contributed by atoms with Crippen LogP contribution in [0.1, 0.15) is 31.5 Å². The zero-order valence-corrected chi connectivity index (χ0v) is 25.7. The number of aromatic nitrogens is 5. The molecule has 0 N–H and O–H groups in total. The lowest BCUT2D eigenvalue weighted by Gasteiger charge is -2.31. The standard InChI is InChI=1S/C27H35ClF2N8O4.ClH/c1-35(2)9-4-14-41-20-6-3-5-19-22(20)31-24(23(29)30)38(19)26-32-25(37-12-15-40-16-13-37)33-27(34-26)42-18-7-10-36(11-8-18)21(39)17-28;/h3,5-6,18,23H,4,7-17H2,1-2H3;1H. The van der Waals surface area contributed by atoms with Crippen molar-refractivity contribution in [2.75, 3.05) is 77.4 Å². The fraction of sp³-hybridized carbons (Fsp3) is 0.593. The highest BCUT2D eigenvalue weighted by Crippen LogP contribution is 2.33. The van der Waals surface area contributed by atoms with Gasteiger partial charge in [0.15, 0.2) is 5.82 Å². The van der Waals surface area contributed by atoms with Gasteiger partial charge < -0.3 is 28.9 Å². The van der Waals surface area contributed by atoms with E-state index in [1.807, 2.05) is 23.9 Å². The van der Waals surface area contributed by atoms with Gasteiger partial charge in [-0.1, -0.05) is 6.07 Å². The molecule has 2 saturated heterocycles. The quantitative estimate of drug-likeness (QED) is 0.228. The number of imidazole rings is 1. The molecule has 0 radical (unpaired) electrons. The molecular formula is C27H36Cl2F2N8O4. The lowest BCUT2D eigenvalue weighted by atomic mass is 10.1. The third-order valence-corrected chi connectivity index (χ3v) is 7.37. The number of ether oxygens (including phenoxy) is 3. The van der Waals surface area contributed by atoms with Crippen molar-refractivity contribution in [3.63, 3.8) is 0 Å². The van der Waals surface area contributed by atoms with E-state index in [4.69, 9.17) is 25.8 Å². The Morgan fingerprint density at radius 2 is 1.81 bits per heavy atom. The van der Waals surface area contributed by atoms with Gasteiger partial charge in [0.1, 0.15) is 23.3 Å². The molecule has 12 nitrogen and oxygen atoms in total. The van der Waals surface area contributed by atoms with Crippen LogP contribution >= 0.6 is 24.0 Å². The first kappa shape index (κ1) is 32.8. The number of halogens is 4. The van der Waals surface area contributed by atoms with E-state index < -0.39 is 12.2 Å². The van der Waals surface area contributed by atoms with Crippen molar-refractivity contribution in [2.24, 2.45) is 0 Å². The molecule has 0 aliphatic carbocycles. The van der Waals surface area contributed by atoms with E-state index >= 15 is 0 Å². The van der Waals surface area contributed by atoms with Crippen molar-refractivity contribution in [1.82, 2.24) is 34.3 Å². The van der Waals surface area contributed by atoms with Crippen LogP contribution in [-0.2, 0) is 9.53 Å². The van der Waals surface area contributed by atoms with Crippen molar-refractivity contribution in [3.05, 3.63) is 24.0 Å². The summed E-state index contributed by atoms with van der Waals surface area (Å²) >= 11 is 5.70. The Hall–Kier alpha value is -3.07. The van der Waals surface area contributed by atoms with Crippen LogP contribution in [0.5, 0.6) is 11.8 Å². The molecule has 236 valence electrons. The molecule has 2 aromatic heterocycles. The van der Waals surface area contributed by atoms with Crippen LogP contribution in [0.3, 0.4) is 0 Å². The minimum atomic E-state index is -2.91. The molecule has 1 aromatic carbocycles. The number of para-hydroxylation sites is 1. The zero-order valence-electron chi connectivity index (χ0n) is 24.1. The summed E-state index contributed by atoms with van der Waals surface area (Å²) in [5.74, 6) is -0.0273. The van der Waals surface area contributed by atoms with Crippen molar-refractivity contribution in [3.8, 4) is 17.7 Å². The average molecular weight is 646 g/mol. The zero-order chi connectivity index (χ0) is 29.6. The van der Waals surface area contributed by atoms with E-state index in [0.29, 0.717) is 81.6 Å². The van der Waals surface area contributed by atoms with Gasteiger partial charge >= 0.3 is 6.01 Å². The van der Waals surface area contributed by atoms with Crippen molar-refractivity contribution in [1.29, 1.82) is 0 Å². The SMILES string of the molecule is CN(C)CCCOc1cccc2c1nc(C(F)F)n2-c1nc(OC2CCN(C(=O)CCl)CC2)nc(N2CCOCC2)n1.Cl.